The van der Waals surface area contributed by atoms with Gasteiger partial charge in [-0.05, 0) is 60.8 Å². The van der Waals surface area contributed by atoms with Crippen LogP contribution in [0.1, 0.15) is 60.8 Å². The van der Waals surface area contributed by atoms with Gasteiger partial charge in [0.2, 0.25) is 0 Å². The van der Waals surface area contributed by atoms with Crippen LogP contribution in [-0.2, 0) is 35.8 Å². The van der Waals surface area contributed by atoms with E-state index >= 15 is 0 Å². The first-order valence-corrected chi connectivity index (χ1v) is 11.1. The lowest BCUT2D eigenvalue weighted by molar-refractivity contribution is 0.117. The van der Waals surface area contributed by atoms with Crippen LogP contribution in [0.3, 0.4) is 0 Å². The zero-order chi connectivity index (χ0) is 20.0. The third kappa shape index (κ3) is 8.95. The Kier molecular flexibility index (Phi) is 9.99. The van der Waals surface area contributed by atoms with Gasteiger partial charge in [-0.25, -0.2) is 0 Å². The molecular formula is C26H35NO2. The molecule has 3 nitrogen and oxygen atoms in total. The minimum absolute atomic E-state index is 0.706. The first-order valence-electron chi connectivity index (χ1n) is 11.1. The Morgan fingerprint density at radius 2 is 0.931 bits per heavy atom. The Labute approximate surface area is 176 Å². The predicted molar refractivity (Wildman–Crippen MR) is 120 cm³/mol. The van der Waals surface area contributed by atoms with Gasteiger partial charge < -0.3 is 14.8 Å². The molecule has 0 saturated heterocycles. The topological polar surface area (TPSA) is 30.5 Å². The highest BCUT2D eigenvalue weighted by molar-refractivity contribution is 5.23. The first kappa shape index (κ1) is 21.8. The van der Waals surface area contributed by atoms with E-state index in [9.17, 15) is 0 Å². The summed E-state index contributed by atoms with van der Waals surface area (Å²) in [4.78, 5) is 0. The molecule has 0 radical (unpaired) electrons. The van der Waals surface area contributed by atoms with Crippen molar-refractivity contribution in [1.29, 1.82) is 0 Å². The predicted octanol–water partition coefficient (Wildman–Crippen LogP) is 5.92. The van der Waals surface area contributed by atoms with Crippen molar-refractivity contribution in [1.82, 2.24) is 5.32 Å². The molecule has 0 amide bonds. The highest BCUT2D eigenvalue weighted by Crippen LogP contribution is 2.10. The van der Waals surface area contributed by atoms with Crippen molar-refractivity contribution in [3.63, 3.8) is 0 Å². The van der Waals surface area contributed by atoms with Gasteiger partial charge in [0.15, 0.2) is 0 Å². The average molecular weight is 394 g/mol. The molecular weight excluding hydrogens is 358 g/mol. The molecule has 3 heteroatoms. The molecule has 156 valence electrons. The summed E-state index contributed by atoms with van der Waals surface area (Å²) in [5.74, 6) is 0. The van der Waals surface area contributed by atoms with Crippen molar-refractivity contribution >= 4 is 0 Å². The fraction of sp³-hybridized carbons (Fsp3) is 0.462. The zero-order valence-corrected chi connectivity index (χ0v) is 17.6. The van der Waals surface area contributed by atoms with Gasteiger partial charge in [0, 0.05) is 26.3 Å². The fourth-order valence-electron chi connectivity index (χ4n) is 3.41. The SMILES string of the molecule is C1=C\CCCCOCc2ccc(cc2)CNCc2ccc(cc2)COCCCC/1. The normalized spacial score (nSPS) is 19.3. The lowest BCUT2D eigenvalue weighted by Crippen LogP contribution is -2.12. The van der Waals surface area contributed by atoms with E-state index in [1.807, 2.05) is 0 Å². The van der Waals surface area contributed by atoms with Gasteiger partial charge in [-0.3, -0.25) is 0 Å². The van der Waals surface area contributed by atoms with Crippen LogP contribution in [0.4, 0.5) is 0 Å². The largest absolute Gasteiger partial charge is 0.377 e. The molecule has 5 rings (SSSR count). The first-order chi connectivity index (χ1) is 14.4. The monoisotopic (exact) mass is 393 g/mol. The van der Waals surface area contributed by atoms with Gasteiger partial charge in [-0.2, -0.15) is 0 Å². The van der Waals surface area contributed by atoms with E-state index in [2.05, 4.69) is 66.0 Å². The Morgan fingerprint density at radius 3 is 1.38 bits per heavy atom. The summed E-state index contributed by atoms with van der Waals surface area (Å²) < 4.78 is 11.6. The zero-order valence-electron chi connectivity index (χ0n) is 17.6. The summed E-state index contributed by atoms with van der Waals surface area (Å²) >= 11 is 0. The molecule has 0 atom stereocenters. The molecule has 29 heavy (non-hydrogen) atoms. The van der Waals surface area contributed by atoms with E-state index in [0.717, 1.165) is 52.0 Å². The van der Waals surface area contributed by atoms with E-state index in [1.165, 1.54) is 35.1 Å². The summed E-state index contributed by atoms with van der Waals surface area (Å²) in [6.07, 6.45) is 11.6. The molecule has 4 bridgehead atoms. The number of rotatable bonds is 0. The molecule has 3 aliphatic rings. The Balaban J connectivity index is 1.50. The van der Waals surface area contributed by atoms with E-state index in [-0.39, 0.29) is 0 Å². The van der Waals surface area contributed by atoms with Gasteiger partial charge in [-0.15, -0.1) is 0 Å². The van der Waals surface area contributed by atoms with Gasteiger partial charge in [-0.1, -0.05) is 60.7 Å². The van der Waals surface area contributed by atoms with E-state index in [0.29, 0.717) is 13.2 Å². The van der Waals surface area contributed by atoms with Crippen molar-refractivity contribution < 1.29 is 9.47 Å². The molecule has 0 aromatic heterocycles. The van der Waals surface area contributed by atoms with Crippen molar-refractivity contribution in [3.8, 4) is 0 Å². The van der Waals surface area contributed by atoms with E-state index < -0.39 is 0 Å². The summed E-state index contributed by atoms with van der Waals surface area (Å²) in [6.45, 7) is 4.84. The number of allylic oxidation sites excluding steroid dienone is 2. The summed E-state index contributed by atoms with van der Waals surface area (Å²) in [6, 6.07) is 17.5. The van der Waals surface area contributed by atoms with Crippen molar-refractivity contribution in [2.24, 2.45) is 0 Å². The van der Waals surface area contributed by atoms with E-state index in [1.54, 1.807) is 0 Å². The Bertz CT molecular complexity index is 645. The molecule has 3 aliphatic heterocycles. The third-order valence-electron chi connectivity index (χ3n) is 5.23. The van der Waals surface area contributed by atoms with Crippen molar-refractivity contribution in [3.05, 3.63) is 82.9 Å². The van der Waals surface area contributed by atoms with E-state index in [4.69, 9.17) is 9.47 Å². The molecule has 2 aromatic carbocycles. The molecule has 3 heterocycles. The second kappa shape index (κ2) is 13.3. The number of benzene rings is 2. The number of nitrogens with one attached hydrogen (secondary N) is 1. The molecule has 1 N–H and O–H groups in total. The summed E-state index contributed by atoms with van der Waals surface area (Å²) in [7, 11) is 0. The van der Waals surface area contributed by atoms with Crippen LogP contribution in [0.2, 0.25) is 0 Å². The van der Waals surface area contributed by atoms with Crippen LogP contribution in [0, 0.1) is 0 Å². The quantitative estimate of drug-likeness (QED) is 0.564. The van der Waals surface area contributed by atoms with Gasteiger partial charge in [0.05, 0.1) is 13.2 Å². The van der Waals surface area contributed by atoms with Crippen LogP contribution in [0.5, 0.6) is 0 Å². The molecule has 0 aliphatic carbocycles. The maximum atomic E-state index is 5.82. The standard InChI is InChI=1S/C26H35NO2/c1-2-4-6-8-18-29-22-26-15-11-24(12-16-26)20-27-19-23-9-13-25(14-10-23)21-28-17-7-5-3-1/h1-2,9-16,27H,3-8,17-22H2/b2-1-. The van der Waals surface area contributed by atoms with Crippen LogP contribution in [0.25, 0.3) is 0 Å². The van der Waals surface area contributed by atoms with Crippen LogP contribution in [0.15, 0.2) is 60.7 Å². The summed E-state index contributed by atoms with van der Waals surface area (Å²) in [5, 5.41) is 3.53. The number of ether oxygens (including phenoxy) is 2. The number of hydrogen-bond acceptors (Lipinski definition) is 3. The van der Waals surface area contributed by atoms with Crippen molar-refractivity contribution in [2.75, 3.05) is 13.2 Å². The lowest BCUT2D eigenvalue weighted by atomic mass is 10.1. The minimum Gasteiger partial charge on any atom is -0.377 e. The maximum Gasteiger partial charge on any atom is 0.0716 e. The van der Waals surface area contributed by atoms with Crippen LogP contribution < -0.4 is 5.32 Å². The second-order valence-electron chi connectivity index (χ2n) is 7.80. The van der Waals surface area contributed by atoms with Gasteiger partial charge in [0.1, 0.15) is 0 Å². The van der Waals surface area contributed by atoms with Crippen molar-refractivity contribution in [2.45, 2.75) is 64.8 Å². The van der Waals surface area contributed by atoms with Crippen LogP contribution >= 0.6 is 0 Å². The van der Waals surface area contributed by atoms with Gasteiger partial charge in [0.25, 0.3) is 0 Å². The minimum atomic E-state index is 0.706. The molecule has 2 aromatic rings. The molecule has 0 fully saturated rings. The highest BCUT2D eigenvalue weighted by atomic mass is 16.5. The molecule has 0 saturated carbocycles. The summed E-state index contributed by atoms with van der Waals surface area (Å²) in [5.41, 5.74) is 5.10. The Morgan fingerprint density at radius 1 is 0.517 bits per heavy atom. The lowest BCUT2D eigenvalue weighted by Gasteiger charge is -2.08. The third-order valence-corrected chi connectivity index (χ3v) is 5.23. The highest BCUT2D eigenvalue weighted by Gasteiger charge is 1.99. The Hall–Kier alpha value is -1.94. The molecule has 0 spiro atoms. The van der Waals surface area contributed by atoms with Crippen LogP contribution in [-0.4, -0.2) is 13.2 Å². The molecule has 0 unspecified atom stereocenters. The second-order valence-corrected chi connectivity index (χ2v) is 7.80. The fourth-order valence-corrected chi connectivity index (χ4v) is 3.41. The maximum absolute atomic E-state index is 5.82. The smallest absolute Gasteiger partial charge is 0.0716 e. The number of fused-ring (bicyclic) bond motifs is 2. The average Bonchev–Trinajstić information content (AvgIpc) is 2.75. The van der Waals surface area contributed by atoms with Gasteiger partial charge >= 0.3 is 0 Å². The number of hydrogen-bond donors (Lipinski definition) is 1.